The maximum atomic E-state index is 13.1. The molecule has 0 saturated heterocycles. The Labute approximate surface area is 133 Å². The Bertz CT molecular complexity index is 799. The number of carbonyl (C=O) groups is 1. The van der Waals surface area contributed by atoms with Gasteiger partial charge in [-0.1, -0.05) is 36.4 Å². The molecule has 116 valence electrons. The monoisotopic (exact) mass is 309 g/mol. The quantitative estimate of drug-likeness (QED) is 0.787. The molecule has 23 heavy (non-hydrogen) atoms. The topological polar surface area (TPSA) is 46.9 Å². The molecule has 4 nitrogen and oxygen atoms in total. The van der Waals surface area contributed by atoms with Crippen molar-refractivity contribution in [1.29, 1.82) is 0 Å². The number of benzene rings is 2. The third kappa shape index (κ3) is 3.63. The maximum Gasteiger partial charge on any atom is 0.251 e. The molecule has 0 bridgehead atoms. The fourth-order valence-corrected chi connectivity index (χ4v) is 2.37. The van der Waals surface area contributed by atoms with Gasteiger partial charge in [-0.25, -0.2) is 9.37 Å². The normalized spacial score (nSPS) is 10.5. The van der Waals surface area contributed by atoms with Crippen molar-refractivity contribution >= 4 is 5.91 Å². The van der Waals surface area contributed by atoms with Gasteiger partial charge in [-0.15, -0.1) is 0 Å². The molecule has 0 aliphatic rings. The van der Waals surface area contributed by atoms with Crippen molar-refractivity contribution in [1.82, 2.24) is 14.9 Å². The molecule has 1 aromatic heterocycles. The first-order valence-electron chi connectivity index (χ1n) is 7.33. The minimum absolute atomic E-state index is 0.286. The van der Waals surface area contributed by atoms with Crippen molar-refractivity contribution in [3.05, 3.63) is 78.5 Å². The average Bonchev–Trinajstić information content (AvgIpc) is 3.04. The molecule has 0 spiro atoms. The van der Waals surface area contributed by atoms with E-state index in [4.69, 9.17) is 0 Å². The third-order valence-electron chi connectivity index (χ3n) is 3.51. The number of carbonyl (C=O) groups excluding carboxylic acids is 1. The third-order valence-corrected chi connectivity index (χ3v) is 3.51. The van der Waals surface area contributed by atoms with E-state index >= 15 is 0 Å². The number of nitrogens with zero attached hydrogens (tertiary/aromatic N) is 2. The Morgan fingerprint density at radius 3 is 2.74 bits per heavy atom. The van der Waals surface area contributed by atoms with Crippen LogP contribution in [0.4, 0.5) is 4.39 Å². The number of imidazole rings is 1. The molecule has 1 heterocycles. The molecule has 1 amide bonds. The van der Waals surface area contributed by atoms with E-state index in [0.29, 0.717) is 18.7 Å². The molecule has 3 rings (SSSR count). The molecular formula is C18H16FN3O. The van der Waals surface area contributed by atoms with E-state index in [1.807, 2.05) is 34.9 Å². The number of amides is 1. The van der Waals surface area contributed by atoms with Crippen LogP contribution in [0.25, 0.3) is 11.3 Å². The van der Waals surface area contributed by atoms with Gasteiger partial charge in [-0.05, 0) is 23.8 Å². The van der Waals surface area contributed by atoms with Crippen molar-refractivity contribution in [2.24, 2.45) is 0 Å². The van der Waals surface area contributed by atoms with Gasteiger partial charge in [0.2, 0.25) is 0 Å². The number of halogens is 1. The SMILES string of the molecule is O=C(NCCn1cncc1-c1ccccc1)c1cccc(F)c1. The fraction of sp³-hybridized carbons (Fsp3) is 0.111. The van der Waals surface area contributed by atoms with Gasteiger partial charge in [0.1, 0.15) is 5.82 Å². The molecule has 3 aromatic rings. The predicted octanol–water partition coefficient (Wildman–Crippen LogP) is 3.12. The van der Waals surface area contributed by atoms with E-state index < -0.39 is 5.82 Å². The summed E-state index contributed by atoms with van der Waals surface area (Å²) in [5.74, 6) is -0.704. The second-order valence-electron chi connectivity index (χ2n) is 5.10. The summed E-state index contributed by atoms with van der Waals surface area (Å²) in [6, 6.07) is 15.6. The molecule has 5 heteroatoms. The molecule has 0 radical (unpaired) electrons. The number of nitrogens with one attached hydrogen (secondary N) is 1. The van der Waals surface area contributed by atoms with E-state index in [2.05, 4.69) is 10.3 Å². The molecule has 0 aliphatic heterocycles. The van der Waals surface area contributed by atoms with Crippen molar-refractivity contribution in [2.75, 3.05) is 6.54 Å². The summed E-state index contributed by atoms with van der Waals surface area (Å²) in [6.45, 7) is 1.02. The highest BCUT2D eigenvalue weighted by atomic mass is 19.1. The molecule has 0 atom stereocenters. The molecule has 1 N–H and O–H groups in total. The maximum absolute atomic E-state index is 13.1. The Morgan fingerprint density at radius 1 is 1.13 bits per heavy atom. The highest BCUT2D eigenvalue weighted by molar-refractivity contribution is 5.94. The largest absolute Gasteiger partial charge is 0.350 e. The fourth-order valence-electron chi connectivity index (χ4n) is 2.37. The van der Waals surface area contributed by atoms with Crippen molar-refractivity contribution in [3.8, 4) is 11.3 Å². The molecule has 0 aliphatic carbocycles. The van der Waals surface area contributed by atoms with E-state index in [1.54, 1.807) is 18.6 Å². The Hall–Kier alpha value is -2.95. The summed E-state index contributed by atoms with van der Waals surface area (Å²) in [5, 5.41) is 2.79. The van der Waals surface area contributed by atoms with Gasteiger partial charge in [-0.3, -0.25) is 4.79 Å². The summed E-state index contributed by atoms with van der Waals surface area (Å²) in [4.78, 5) is 16.1. The molecule has 0 saturated carbocycles. The van der Waals surface area contributed by atoms with E-state index in [-0.39, 0.29) is 5.91 Å². The zero-order valence-corrected chi connectivity index (χ0v) is 12.4. The van der Waals surface area contributed by atoms with Gasteiger partial charge in [0.25, 0.3) is 5.91 Å². The van der Waals surface area contributed by atoms with Crippen LogP contribution in [-0.4, -0.2) is 22.0 Å². The molecular weight excluding hydrogens is 293 g/mol. The van der Waals surface area contributed by atoms with Crippen molar-refractivity contribution in [2.45, 2.75) is 6.54 Å². The molecule has 2 aromatic carbocycles. The second-order valence-corrected chi connectivity index (χ2v) is 5.10. The van der Waals surface area contributed by atoms with Gasteiger partial charge in [-0.2, -0.15) is 0 Å². The van der Waals surface area contributed by atoms with Crippen LogP contribution in [0.3, 0.4) is 0 Å². The summed E-state index contributed by atoms with van der Waals surface area (Å²) >= 11 is 0. The Morgan fingerprint density at radius 2 is 1.96 bits per heavy atom. The van der Waals surface area contributed by atoms with Gasteiger partial charge >= 0.3 is 0 Å². The summed E-state index contributed by atoms with van der Waals surface area (Å²) in [6.07, 6.45) is 3.53. The molecule has 0 unspecified atom stereocenters. The Kier molecular flexibility index (Phi) is 4.47. The van der Waals surface area contributed by atoms with Crippen LogP contribution in [0, 0.1) is 5.82 Å². The van der Waals surface area contributed by atoms with Gasteiger partial charge in [0.15, 0.2) is 0 Å². The number of hydrogen-bond donors (Lipinski definition) is 1. The average molecular weight is 309 g/mol. The first-order valence-corrected chi connectivity index (χ1v) is 7.33. The van der Waals surface area contributed by atoms with E-state index in [1.165, 1.54) is 18.2 Å². The van der Waals surface area contributed by atoms with Crippen LogP contribution >= 0.6 is 0 Å². The second kappa shape index (κ2) is 6.87. The summed E-state index contributed by atoms with van der Waals surface area (Å²) in [5.41, 5.74) is 2.38. The lowest BCUT2D eigenvalue weighted by atomic mass is 10.2. The van der Waals surface area contributed by atoms with E-state index in [9.17, 15) is 9.18 Å². The first kappa shape index (κ1) is 15.0. The highest BCUT2D eigenvalue weighted by Gasteiger charge is 2.07. The zero-order chi connectivity index (χ0) is 16.1. The summed E-state index contributed by atoms with van der Waals surface area (Å²) < 4.78 is 15.1. The van der Waals surface area contributed by atoms with Crippen LogP contribution in [0.5, 0.6) is 0 Å². The van der Waals surface area contributed by atoms with E-state index in [0.717, 1.165) is 11.3 Å². The van der Waals surface area contributed by atoms with Crippen LogP contribution in [0.2, 0.25) is 0 Å². The summed E-state index contributed by atoms with van der Waals surface area (Å²) in [7, 11) is 0. The number of rotatable bonds is 5. The van der Waals surface area contributed by atoms with Gasteiger partial charge in [0, 0.05) is 18.7 Å². The first-order chi connectivity index (χ1) is 11.2. The molecule has 0 fully saturated rings. The van der Waals surface area contributed by atoms with Crippen LogP contribution in [0.15, 0.2) is 67.1 Å². The number of aromatic nitrogens is 2. The lowest BCUT2D eigenvalue weighted by Gasteiger charge is -2.09. The van der Waals surface area contributed by atoms with Crippen molar-refractivity contribution in [3.63, 3.8) is 0 Å². The predicted molar refractivity (Wildman–Crippen MR) is 86.4 cm³/mol. The zero-order valence-electron chi connectivity index (χ0n) is 12.4. The van der Waals surface area contributed by atoms with Gasteiger partial charge in [0.05, 0.1) is 18.2 Å². The Balaban J connectivity index is 1.62. The minimum Gasteiger partial charge on any atom is -0.350 e. The van der Waals surface area contributed by atoms with Crippen LogP contribution in [-0.2, 0) is 6.54 Å². The van der Waals surface area contributed by atoms with Crippen LogP contribution < -0.4 is 5.32 Å². The minimum atomic E-state index is -0.418. The van der Waals surface area contributed by atoms with Crippen molar-refractivity contribution < 1.29 is 9.18 Å². The lowest BCUT2D eigenvalue weighted by Crippen LogP contribution is -2.27. The lowest BCUT2D eigenvalue weighted by molar-refractivity contribution is 0.0952. The standard InChI is InChI=1S/C18H16FN3O/c19-16-8-4-7-15(11-16)18(23)21-9-10-22-13-20-12-17(22)14-5-2-1-3-6-14/h1-8,11-13H,9-10H2,(H,21,23). The van der Waals surface area contributed by atoms with Gasteiger partial charge < -0.3 is 9.88 Å². The highest BCUT2D eigenvalue weighted by Crippen LogP contribution is 2.17. The van der Waals surface area contributed by atoms with Crippen LogP contribution in [0.1, 0.15) is 10.4 Å². The smallest absolute Gasteiger partial charge is 0.251 e. The number of hydrogen-bond acceptors (Lipinski definition) is 2.